The van der Waals surface area contributed by atoms with Crippen LogP contribution in [0.15, 0.2) is 24.3 Å². The fraction of sp³-hybridized carbons (Fsp3) is 0.625. The highest BCUT2D eigenvalue weighted by atomic mass is 14.9. The van der Waals surface area contributed by atoms with Crippen molar-refractivity contribution in [3.8, 4) is 0 Å². The molecule has 1 aliphatic carbocycles. The number of nitrogens with one attached hydrogen (secondary N) is 1. The molecular weight excluding hydrogens is 206 g/mol. The monoisotopic (exact) mass is 231 g/mol. The second-order valence-corrected chi connectivity index (χ2v) is 5.21. The lowest BCUT2D eigenvalue weighted by molar-refractivity contribution is 0.371. The van der Waals surface area contributed by atoms with Crippen LogP contribution in [0.2, 0.25) is 0 Å². The predicted octanol–water partition coefficient (Wildman–Crippen LogP) is 3.88. The van der Waals surface area contributed by atoms with Crippen molar-refractivity contribution in [3.05, 3.63) is 35.4 Å². The van der Waals surface area contributed by atoms with Crippen molar-refractivity contribution >= 4 is 0 Å². The number of benzene rings is 1. The van der Waals surface area contributed by atoms with E-state index in [1.807, 2.05) is 0 Å². The summed E-state index contributed by atoms with van der Waals surface area (Å²) in [6, 6.07) is 9.64. The van der Waals surface area contributed by atoms with Crippen LogP contribution < -0.4 is 5.32 Å². The number of hydrogen-bond acceptors (Lipinski definition) is 1. The Bertz CT molecular complexity index is 337. The first-order valence-electron chi connectivity index (χ1n) is 7.18. The molecule has 0 saturated carbocycles. The summed E-state index contributed by atoms with van der Waals surface area (Å²) < 4.78 is 0. The smallest absolute Gasteiger partial charge is 0.0139 e. The SMILES string of the molecule is CCCCC(NCCC)C1Cc2ccccc21. The maximum absolute atomic E-state index is 3.75. The summed E-state index contributed by atoms with van der Waals surface area (Å²) >= 11 is 0. The van der Waals surface area contributed by atoms with E-state index in [0.717, 1.165) is 12.5 Å². The van der Waals surface area contributed by atoms with Gasteiger partial charge < -0.3 is 5.32 Å². The Morgan fingerprint density at radius 1 is 1.24 bits per heavy atom. The highest BCUT2D eigenvalue weighted by molar-refractivity contribution is 5.41. The number of hydrogen-bond donors (Lipinski definition) is 1. The lowest BCUT2D eigenvalue weighted by Gasteiger charge is -2.37. The highest BCUT2D eigenvalue weighted by Crippen LogP contribution is 2.38. The van der Waals surface area contributed by atoms with Crippen molar-refractivity contribution < 1.29 is 0 Å². The minimum Gasteiger partial charge on any atom is -0.313 e. The molecule has 0 radical (unpaired) electrons. The lowest BCUT2D eigenvalue weighted by atomic mass is 9.72. The fourth-order valence-corrected chi connectivity index (χ4v) is 2.86. The van der Waals surface area contributed by atoms with Gasteiger partial charge in [0, 0.05) is 12.0 Å². The van der Waals surface area contributed by atoms with Crippen LogP contribution in [0, 0.1) is 0 Å². The molecule has 1 aliphatic rings. The molecule has 17 heavy (non-hydrogen) atoms. The topological polar surface area (TPSA) is 12.0 Å². The summed E-state index contributed by atoms with van der Waals surface area (Å²) in [5.74, 6) is 0.768. The minimum absolute atomic E-state index is 0.699. The summed E-state index contributed by atoms with van der Waals surface area (Å²) in [5.41, 5.74) is 3.16. The Balaban J connectivity index is 1.97. The van der Waals surface area contributed by atoms with Crippen molar-refractivity contribution in [3.63, 3.8) is 0 Å². The molecule has 1 nitrogen and oxygen atoms in total. The molecule has 1 aromatic carbocycles. The first-order valence-corrected chi connectivity index (χ1v) is 7.18. The van der Waals surface area contributed by atoms with Gasteiger partial charge in [0.15, 0.2) is 0 Å². The van der Waals surface area contributed by atoms with Gasteiger partial charge in [0.05, 0.1) is 0 Å². The Morgan fingerprint density at radius 2 is 2.06 bits per heavy atom. The van der Waals surface area contributed by atoms with Gasteiger partial charge in [0.1, 0.15) is 0 Å². The molecule has 2 unspecified atom stereocenters. The zero-order valence-corrected chi connectivity index (χ0v) is 11.2. The zero-order chi connectivity index (χ0) is 12.1. The standard InChI is InChI=1S/C16H25N/c1-3-5-10-16(17-11-4-2)15-12-13-8-6-7-9-14(13)15/h6-9,15-17H,3-5,10-12H2,1-2H3. The molecule has 0 aliphatic heterocycles. The second-order valence-electron chi connectivity index (χ2n) is 5.21. The van der Waals surface area contributed by atoms with E-state index in [2.05, 4.69) is 43.4 Å². The fourth-order valence-electron chi connectivity index (χ4n) is 2.86. The van der Waals surface area contributed by atoms with Gasteiger partial charge in [-0.2, -0.15) is 0 Å². The third-order valence-electron chi connectivity index (χ3n) is 3.91. The van der Waals surface area contributed by atoms with Crippen molar-refractivity contribution in [2.24, 2.45) is 0 Å². The Kier molecular flexibility index (Phi) is 4.61. The lowest BCUT2D eigenvalue weighted by Crippen LogP contribution is -2.40. The number of unbranched alkanes of at least 4 members (excludes halogenated alkanes) is 1. The molecule has 0 bridgehead atoms. The third-order valence-corrected chi connectivity index (χ3v) is 3.91. The van der Waals surface area contributed by atoms with E-state index >= 15 is 0 Å². The summed E-state index contributed by atoms with van der Waals surface area (Å²) in [4.78, 5) is 0. The molecule has 1 aromatic rings. The van der Waals surface area contributed by atoms with E-state index in [-0.39, 0.29) is 0 Å². The summed E-state index contributed by atoms with van der Waals surface area (Å²) in [6.45, 7) is 5.69. The van der Waals surface area contributed by atoms with Crippen molar-refractivity contribution in [1.82, 2.24) is 5.32 Å². The summed E-state index contributed by atoms with van der Waals surface area (Å²) in [5, 5.41) is 3.75. The van der Waals surface area contributed by atoms with E-state index in [9.17, 15) is 0 Å². The van der Waals surface area contributed by atoms with Gasteiger partial charge in [-0.3, -0.25) is 0 Å². The molecule has 1 N–H and O–H groups in total. The van der Waals surface area contributed by atoms with Crippen LogP contribution in [0.3, 0.4) is 0 Å². The summed E-state index contributed by atoms with van der Waals surface area (Å²) in [7, 11) is 0. The summed E-state index contributed by atoms with van der Waals surface area (Å²) in [6.07, 6.45) is 6.49. The van der Waals surface area contributed by atoms with Crippen molar-refractivity contribution in [1.29, 1.82) is 0 Å². The largest absolute Gasteiger partial charge is 0.313 e. The van der Waals surface area contributed by atoms with E-state index in [1.54, 1.807) is 11.1 Å². The van der Waals surface area contributed by atoms with E-state index in [0.29, 0.717) is 6.04 Å². The van der Waals surface area contributed by atoms with Crippen LogP contribution in [-0.4, -0.2) is 12.6 Å². The molecule has 0 aromatic heterocycles. The number of rotatable bonds is 7. The molecule has 0 amide bonds. The predicted molar refractivity (Wildman–Crippen MR) is 74.5 cm³/mol. The quantitative estimate of drug-likeness (QED) is 0.751. The van der Waals surface area contributed by atoms with Crippen LogP contribution in [0.1, 0.15) is 56.6 Å². The van der Waals surface area contributed by atoms with Crippen LogP contribution in [0.5, 0.6) is 0 Å². The van der Waals surface area contributed by atoms with Gasteiger partial charge in [0.25, 0.3) is 0 Å². The van der Waals surface area contributed by atoms with Gasteiger partial charge in [0.2, 0.25) is 0 Å². The molecule has 2 atom stereocenters. The third kappa shape index (κ3) is 2.90. The average Bonchev–Trinajstić information content (AvgIpc) is 2.33. The van der Waals surface area contributed by atoms with Gasteiger partial charge >= 0.3 is 0 Å². The minimum atomic E-state index is 0.699. The van der Waals surface area contributed by atoms with E-state index < -0.39 is 0 Å². The van der Waals surface area contributed by atoms with Crippen molar-refractivity contribution in [2.45, 2.75) is 57.9 Å². The van der Waals surface area contributed by atoms with Gasteiger partial charge in [-0.25, -0.2) is 0 Å². The molecule has 0 heterocycles. The molecule has 0 spiro atoms. The van der Waals surface area contributed by atoms with Gasteiger partial charge in [-0.15, -0.1) is 0 Å². The van der Waals surface area contributed by atoms with E-state index in [1.165, 1.54) is 32.1 Å². The average molecular weight is 231 g/mol. The maximum atomic E-state index is 3.75. The second kappa shape index (κ2) is 6.20. The molecule has 0 fully saturated rings. The normalized spacial score (nSPS) is 19.5. The molecule has 1 heteroatoms. The number of fused-ring (bicyclic) bond motifs is 1. The highest BCUT2D eigenvalue weighted by Gasteiger charge is 2.31. The Morgan fingerprint density at radius 3 is 2.76 bits per heavy atom. The maximum Gasteiger partial charge on any atom is 0.0139 e. The van der Waals surface area contributed by atoms with Crippen LogP contribution in [-0.2, 0) is 6.42 Å². The Labute approximate surface area is 106 Å². The van der Waals surface area contributed by atoms with Crippen LogP contribution in [0.25, 0.3) is 0 Å². The molecule has 2 rings (SSSR count). The molecular formula is C16H25N. The van der Waals surface area contributed by atoms with Gasteiger partial charge in [-0.05, 0) is 36.9 Å². The molecule has 94 valence electrons. The first kappa shape index (κ1) is 12.6. The van der Waals surface area contributed by atoms with E-state index in [4.69, 9.17) is 0 Å². The van der Waals surface area contributed by atoms with Gasteiger partial charge in [-0.1, -0.05) is 51.0 Å². The van der Waals surface area contributed by atoms with Crippen LogP contribution >= 0.6 is 0 Å². The first-order chi connectivity index (χ1) is 8.36. The Hall–Kier alpha value is -0.820. The zero-order valence-electron chi connectivity index (χ0n) is 11.2. The molecule has 0 saturated heterocycles. The van der Waals surface area contributed by atoms with Crippen molar-refractivity contribution in [2.75, 3.05) is 6.54 Å². The van der Waals surface area contributed by atoms with Crippen LogP contribution in [0.4, 0.5) is 0 Å².